The van der Waals surface area contributed by atoms with Crippen molar-refractivity contribution in [2.45, 2.75) is 114 Å². The van der Waals surface area contributed by atoms with Gasteiger partial charge in [-0.25, -0.2) is 28.1 Å². The van der Waals surface area contributed by atoms with Crippen LogP contribution in [0, 0.1) is 17.8 Å². The lowest BCUT2D eigenvalue weighted by molar-refractivity contribution is -0.150. The van der Waals surface area contributed by atoms with Gasteiger partial charge in [0.2, 0.25) is 0 Å². The van der Waals surface area contributed by atoms with E-state index in [9.17, 15) is 28.8 Å². The fourth-order valence-electron chi connectivity index (χ4n) is 7.17. The summed E-state index contributed by atoms with van der Waals surface area (Å²) in [5.41, 5.74) is -3.00. The number of aromatic nitrogens is 3. The van der Waals surface area contributed by atoms with Crippen LogP contribution < -0.4 is 17.1 Å². The molecule has 7 rings (SSSR count). The van der Waals surface area contributed by atoms with Crippen LogP contribution >= 0.6 is 0 Å². The Kier molecular flexibility index (Phi) is 8.42. The summed E-state index contributed by atoms with van der Waals surface area (Å²) in [6.45, 7) is -1.79. The van der Waals surface area contributed by atoms with Crippen LogP contribution in [0.3, 0.4) is 0 Å². The molecular weight excluding hydrogens is 594 g/mol. The first-order chi connectivity index (χ1) is 21.7. The summed E-state index contributed by atoms with van der Waals surface area (Å²) in [6.07, 6.45) is 7.67. The molecule has 0 aromatic carbocycles. The molecule has 3 saturated heterocycles. The van der Waals surface area contributed by atoms with Gasteiger partial charge in [0.1, 0.15) is 19.8 Å². The molecule has 3 saturated carbocycles. The van der Waals surface area contributed by atoms with Crippen molar-refractivity contribution in [2.75, 3.05) is 19.8 Å². The van der Waals surface area contributed by atoms with E-state index in [4.69, 9.17) is 28.4 Å². The predicted molar refractivity (Wildman–Crippen MR) is 150 cm³/mol. The topological polar surface area (TPSA) is 182 Å². The normalized spacial score (nSPS) is 34.0. The summed E-state index contributed by atoms with van der Waals surface area (Å²) < 4.78 is 34.8. The summed E-state index contributed by atoms with van der Waals surface area (Å²) >= 11 is 0. The van der Waals surface area contributed by atoms with E-state index in [0.29, 0.717) is 36.4 Å². The molecule has 1 aromatic rings. The van der Waals surface area contributed by atoms with Gasteiger partial charge in [0, 0.05) is 0 Å². The minimum absolute atomic E-state index is 0.0812. The molecule has 15 heteroatoms. The maximum atomic E-state index is 13.3. The Morgan fingerprint density at radius 1 is 0.578 bits per heavy atom. The van der Waals surface area contributed by atoms with E-state index in [1.54, 1.807) is 0 Å². The van der Waals surface area contributed by atoms with Crippen molar-refractivity contribution in [3.8, 4) is 0 Å². The Bertz CT molecular complexity index is 1430. The Morgan fingerprint density at radius 3 is 1.53 bits per heavy atom. The van der Waals surface area contributed by atoms with Gasteiger partial charge in [-0.05, 0) is 63.7 Å². The van der Waals surface area contributed by atoms with Gasteiger partial charge < -0.3 is 28.4 Å². The average Bonchev–Trinajstić information content (AvgIpc) is 3.92. The highest BCUT2D eigenvalue weighted by atomic mass is 16.6. The van der Waals surface area contributed by atoms with Crippen LogP contribution in [0.25, 0.3) is 0 Å². The van der Waals surface area contributed by atoms with Crippen molar-refractivity contribution in [2.24, 2.45) is 17.8 Å². The van der Waals surface area contributed by atoms with E-state index in [1.165, 1.54) is 0 Å². The van der Waals surface area contributed by atoms with Gasteiger partial charge in [-0.3, -0.25) is 14.4 Å². The SMILES string of the molecule is O=C(Cn1c(=O)n(CCOC(=O)C2CCC3OC3C2)c(=O)n(CCOC(=O)C2CCC3OC3C2)c1=O)OCC1CCC2OC2C1. The summed E-state index contributed by atoms with van der Waals surface area (Å²) in [7, 11) is 0. The molecule has 3 aliphatic heterocycles. The quantitative estimate of drug-likeness (QED) is 0.164. The fourth-order valence-corrected chi connectivity index (χ4v) is 7.17. The molecule has 4 heterocycles. The number of nitrogens with zero attached hydrogens (tertiary/aromatic N) is 3. The highest BCUT2D eigenvalue weighted by molar-refractivity contribution is 5.73. The Labute approximate surface area is 257 Å². The largest absolute Gasteiger partial charge is 0.464 e. The van der Waals surface area contributed by atoms with Gasteiger partial charge >= 0.3 is 35.0 Å². The molecule has 0 bridgehead atoms. The second-order valence-corrected chi connectivity index (χ2v) is 13.1. The van der Waals surface area contributed by atoms with Crippen LogP contribution in [0.5, 0.6) is 0 Å². The fraction of sp³-hybridized carbons (Fsp3) is 0.800. The number of carbonyl (C=O) groups is 3. The minimum atomic E-state index is -1.02. The second-order valence-electron chi connectivity index (χ2n) is 13.1. The first-order valence-corrected chi connectivity index (χ1v) is 16.1. The van der Waals surface area contributed by atoms with Crippen LogP contribution in [-0.2, 0) is 62.4 Å². The van der Waals surface area contributed by atoms with Crippen LogP contribution in [0.1, 0.15) is 57.8 Å². The number of esters is 3. The van der Waals surface area contributed by atoms with Gasteiger partial charge in [0.15, 0.2) is 0 Å². The number of fused-ring (bicyclic) bond motifs is 3. The summed E-state index contributed by atoms with van der Waals surface area (Å²) in [4.78, 5) is 78.0. The lowest BCUT2D eigenvalue weighted by atomic mass is 9.89. The van der Waals surface area contributed by atoms with Gasteiger partial charge in [-0.15, -0.1) is 0 Å². The first kappa shape index (κ1) is 30.4. The highest BCUT2D eigenvalue weighted by Gasteiger charge is 2.47. The van der Waals surface area contributed by atoms with Crippen molar-refractivity contribution >= 4 is 17.9 Å². The lowest BCUT2D eigenvalue weighted by Crippen LogP contribution is -2.56. The van der Waals surface area contributed by atoms with Crippen molar-refractivity contribution in [1.82, 2.24) is 13.7 Å². The molecule has 9 atom stereocenters. The number of epoxide rings is 3. The van der Waals surface area contributed by atoms with Crippen molar-refractivity contribution in [3.05, 3.63) is 31.5 Å². The van der Waals surface area contributed by atoms with Crippen LogP contribution in [0.2, 0.25) is 0 Å². The van der Waals surface area contributed by atoms with Gasteiger partial charge in [-0.2, -0.15) is 0 Å². The van der Waals surface area contributed by atoms with Crippen molar-refractivity contribution in [1.29, 1.82) is 0 Å². The molecule has 0 amide bonds. The van der Waals surface area contributed by atoms with E-state index in [0.717, 1.165) is 41.2 Å². The molecule has 0 N–H and O–H groups in total. The van der Waals surface area contributed by atoms with E-state index in [1.807, 2.05) is 0 Å². The number of hydrogen-bond acceptors (Lipinski definition) is 12. The Balaban J connectivity index is 1.01. The van der Waals surface area contributed by atoms with Gasteiger partial charge in [-0.1, -0.05) is 0 Å². The Morgan fingerprint density at radius 2 is 1.04 bits per heavy atom. The number of hydrogen-bond donors (Lipinski definition) is 0. The lowest BCUT2D eigenvalue weighted by Gasteiger charge is -2.19. The standard InChI is InChI=1S/C30H39N3O12/c34-25(42-15-16-1-4-19-22(11-16)43-19)14-33-29(38)31(7-9-40-26(35)17-2-5-20-23(12-17)44-20)28(37)32(30(33)39)8-10-41-27(36)18-3-6-21-24(13-18)45-21/h16-24H,1-15H2. The van der Waals surface area contributed by atoms with E-state index < -0.39 is 41.5 Å². The van der Waals surface area contributed by atoms with Crippen molar-refractivity contribution in [3.63, 3.8) is 0 Å². The number of ether oxygens (including phenoxy) is 6. The molecule has 9 unspecified atom stereocenters. The molecule has 0 radical (unpaired) electrons. The summed E-state index contributed by atoms with van der Waals surface area (Å²) in [6, 6.07) is 0. The van der Waals surface area contributed by atoms with E-state index in [-0.39, 0.29) is 81.2 Å². The summed E-state index contributed by atoms with van der Waals surface area (Å²) in [5, 5.41) is 0. The van der Waals surface area contributed by atoms with Crippen LogP contribution in [0.15, 0.2) is 14.4 Å². The van der Waals surface area contributed by atoms with E-state index in [2.05, 4.69) is 0 Å². The van der Waals surface area contributed by atoms with Gasteiger partial charge in [0.05, 0.1) is 68.2 Å². The number of carbonyl (C=O) groups excluding carboxylic acids is 3. The van der Waals surface area contributed by atoms with Gasteiger partial charge in [0.25, 0.3) is 0 Å². The van der Waals surface area contributed by atoms with Crippen LogP contribution in [0.4, 0.5) is 0 Å². The third-order valence-corrected chi connectivity index (χ3v) is 10.1. The molecule has 45 heavy (non-hydrogen) atoms. The minimum Gasteiger partial charge on any atom is -0.464 e. The Hall–Kier alpha value is -3.30. The predicted octanol–water partition coefficient (Wildman–Crippen LogP) is -0.496. The van der Waals surface area contributed by atoms with Crippen LogP contribution in [-0.4, -0.2) is 88.1 Å². The monoisotopic (exact) mass is 633 g/mol. The maximum absolute atomic E-state index is 13.3. The highest BCUT2D eigenvalue weighted by Crippen LogP contribution is 2.41. The molecule has 0 spiro atoms. The smallest absolute Gasteiger partial charge is 0.336 e. The maximum Gasteiger partial charge on any atom is 0.336 e. The zero-order valence-electron chi connectivity index (χ0n) is 25.0. The molecule has 15 nitrogen and oxygen atoms in total. The molecule has 6 fully saturated rings. The number of rotatable bonds is 12. The van der Waals surface area contributed by atoms with E-state index >= 15 is 0 Å². The van der Waals surface area contributed by atoms with Crippen molar-refractivity contribution < 1.29 is 42.8 Å². The summed E-state index contributed by atoms with van der Waals surface area (Å²) in [5.74, 6) is -2.16. The molecule has 1 aromatic heterocycles. The zero-order valence-corrected chi connectivity index (χ0v) is 25.0. The second kappa shape index (κ2) is 12.5. The zero-order chi connectivity index (χ0) is 31.2. The third-order valence-electron chi connectivity index (χ3n) is 10.1. The average molecular weight is 634 g/mol. The molecule has 6 aliphatic rings. The third kappa shape index (κ3) is 6.80. The molecular formula is C30H39N3O12. The molecule has 246 valence electrons. The first-order valence-electron chi connectivity index (χ1n) is 16.1. The molecule has 3 aliphatic carbocycles.